The summed E-state index contributed by atoms with van der Waals surface area (Å²) in [6.07, 6.45) is 8.88. The SMILES string of the molecule is NCCC(=O)NC1CCCCC1.O=C(NCc1ccccc1)c1cc(C2CC2)on1. The quantitative estimate of drug-likeness (QED) is 0.646. The average Bonchev–Trinajstić information content (AvgIpc) is 3.50. The van der Waals surface area contributed by atoms with E-state index >= 15 is 0 Å². The molecule has 2 fully saturated rings. The number of nitrogens with one attached hydrogen (secondary N) is 2. The van der Waals surface area contributed by atoms with E-state index in [0.717, 1.165) is 37.0 Å². The zero-order valence-electron chi connectivity index (χ0n) is 17.4. The molecule has 1 aromatic heterocycles. The second-order valence-corrected chi connectivity index (χ2v) is 8.00. The third-order valence-electron chi connectivity index (χ3n) is 5.38. The Balaban J connectivity index is 0.000000187. The Morgan fingerprint density at radius 3 is 2.47 bits per heavy atom. The van der Waals surface area contributed by atoms with Crippen molar-refractivity contribution in [2.24, 2.45) is 5.73 Å². The number of nitrogens with zero attached hydrogens (tertiary/aromatic N) is 1. The minimum Gasteiger partial charge on any atom is -0.360 e. The van der Waals surface area contributed by atoms with Crippen LogP contribution in [0, 0.1) is 0 Å². The molecule has 1 heterocycles. The van der Waals surface area contributed by atoms with Gasteiger partial charge in [0, 0.05) is 37.5 Å². The predicted molar refractivity (Wildman–Crippen MR) is 115 cm³/mol. The Labute approximate surface area is 177 Å². The van der Waals surface area contributed by atoms with Gasteiger partial charge in [0.25, 0.3) is 5.91 Å². The summed E-state index contributed by atoms with van der Waals surface area (Å²) in [4.78, 5) is 23.0. The van der Waals surface area contributed by atoms with Crippen LogP contribution < -0.4 is 16.4 Å². The van der Waals surface area contributed by atoms with E-state index in [1.807, 2.05) is 30.3 Å². The van der Waals surface area contributed by atoms with Crippen LogP contribution >= 0.6 is 0 Å². The molecule has 2 saturated carbocycles. The highest BCUT2D eigenvalue weighted by atomic mass is 16.5. The van der Waals surface area contributed by atoms with Crippen molar-refractivity contribution in [3.63, 3.8) is 0 Å². The van der Waals surface area contributed by atoms with E-state index in [9.17, 15) is 9.59 Å². The predicted octanol–water partition coefficient (Wildman–Crippen LogP) is 3.27. The van der Waals surface area contributed by atoms with Crippen LogP contribution in [0.5, 0.6) is 0 Å². The second-order valence-electron chi connectivity index (χ2n) is 8.00. The largest absolute Gasteiger partial charge is 0.360 e. The molecular weight excluding hydrogens is 380 g/mol. The number of nitrogens with two attached hydrogens (primary N) is 1. The van der Waals surface area contributed by atoms with Gasteiger partial charge in [0.1, 0.15) is 5.76 Å². The van der Waals surface area contributed by atoms with Crippen molar-refractivity contribution >= 4 is 11.8 Å². The number of hydrogen-bond acceptors (Lipinski definition) is 5. The summed E-state index contributed by atoms with van der Waals surface area (Å²) in [5.41, 5.74) is 6.71. The molecule has 4 N–H and O–H groups in total. The molecule has 2 amide bonds. The Morgan fingerprint density at radius 2 is 1.80 bits per heavy atom. The lowest BCUT2D eigenvalue weighted by Crippen LogP contribution is -2.36. The standard InChI is InChI=1S/C14H14N2O2.C9H18N2O/c17-14(15-9-10-4-2-1-3-5-10)12-8-13(18-16-12)11-6-7-11;10-7-6-9(12)11-8-4-2-1-3-5-8/h1-5,8,11H,6-7,9H2,(H,15,17);8H,1-7,10H2,(H,11,12). The summed E-state index contributed by atoms with van der Waals surface area (Å²) in [6, 6.07) is 12.0. The van der Waals surface area contributed by atoms with Gasteiger partial charge in [-0.15, -0.1) is 0 Å². The molecule has 0 aliphatic heterocycles. The maximum absolute atomic E-state index is 11.8. The van der Waals surface area contributed by atoms with Crippen LogP contribution in [-0.4, -0.2) is 29.6 Å². The number of hydrogen-bond donors (Lipinski definition) is 3. The molecule has 0 atom stereocenters. The summed E-state index contributed by atoms with van der Waals surface area (Å²) in [5, 5.41) is 9.63. The molecule has 7 nitrogen and oxygen atoms in total. The van der Waals surface area contributed by atoms with Crippen molar-refractivity contribution in [1.82, 2.24) is 15.8 Å². The van der Waals surface area contributed by atoms with Crippen molar-refractivity contribution in [2.75, 3.05) is 6.54 Å². The van der Waals surface area contributed by atoms with Gasteiger partial charge < -0.3 is 20.9 Å². The topological polar surface area (TPSA) is 110 Å². The summed E-state index contributed by atoms with van der Waals surface area (Å²) in [5.74, 6) is 1.24. The zero-order chi connectivity index (χ0) is 21.2. The fourth-order valence-corrected chi connectivity index (χ4v) is 3.50. The highest BCUT2D eigenvalue weighted by Crippen LogP contribution is 2.40. The van der Waals surface area contributed by atoms with Crippen LogP contribution in [0.25, 0.3) is 0 Å². The normalized spacial score (nSPS) is 16.3. The van der Waals surface area contributed by atoms with Gasteiger partial charge in [0.05, 0.1) is 0 Å². The molecule has 0 saturated heterocycles. The van der Waals surface area contributed by atoms with Crippen LogP contribution in [0.4, 0.5) is 0 Å². The van der Waals surface area contributed by atoms with E-state index in [-0.39, 0.29) is 11.8 Å². The van der Waals surface area contributed by atoms with Gasteiger partial charge in [0.2, 0.25) is 5.91 Å². The number of aromatic nitrogens is 1. The minimum atomic E-state index is -0.186. The molecule has 162 valence electrons. The van der Waals surface area contributed by atoms with Crippen LogP contribution in [0.3, 0.4) is 0 Å². The number of rotatable bonds is 7. The molecular formula is C23H32N4O3. The van der Waals surface area contributed by atoms with E-state index < -0.39 is 0 Å². The van der Waals surface area contributed by atoms with E-state index in [1.54, 1.807) is 6.07 Å². The van der Waals surface area contributed by atoms with E-state index in [0.29, 0.717) is 37.2 Å². The van der Waals surface area contributed by atoms with Crippen molar-refractivity contribution in [1.29, 1.82) is 0 Å². The first-order chi connectivity index (χ1) is 14.7. The van der Waals surface area contributed by atoms with Gasteiger partial charge in [-0.3, -0.25) is 9.59 Å². The monoisotopic (exact) mass is 412 g/mol. The molecule has 0 unspecified atom stereocenters. The lowest BCUT2D eigenvalue weighted by molar-refractivity contribution is -0.121. The van der Waals surface area contributed by atoms with Crippen molar-refractivity contribution in [3.05, 3.63) is 53.4 Å². The third kappa shape index (κ3) is 7.30. The van der Waals surface area contributed by atoms with Gasteiger partial charge in [-0.1, -0.05) is 54.8 Å². The molecule has 0 bridgehead atoms. The lowest BCUT2D eigenvalue weighted by atomic mass is 9.95. The first-order valence-electron chi connectivity index (χ1n) is 10.9. The molecule has 2 aliphatic rings. The Bertz CT molecular complexity index is 796. The third-order valence-corrected chi connectivity index (χ3v) is 5.38. The first-order valence-corrected chi connectivity index (χ1v) is 10.9. The molecule has 1 aromatic carbocycles. The minimum absolute atomic E-state index is 0.115. The highest BCUT2D eigenvalue weighted by Gasteiger charge is 2.28. The van der Waals surface area contributed by atoms with Gasteiger partial charge in [0.15, 0.2) is 5.69 Å². The maximum Gasteiger partial charge on any atom is 0.273 e. The maximum atomic E-state index is 11.8. The average molecular weight is 413 g/mol. The molecule has 2 aliphatic carbocycles. The van der Waals surface area contributed by atoms with Gasteiger partial charge in [-0.25, -0.2) is 0 Å². The zero-order valence-corrected chi connectivity index (χ0v) is 17.4. The van der Waals surface area contributed by atoms with Crippen molar-refractivity contribution in [2.45, 2.75) is 69.9 Å². The summed E-state index contributed by atoms with van der Waals surface area (Å²) in [6.45, 7) is 0.962. The molecule has 0 spiro atoms. The van der Waals surface area contributed by atoms with Gasteiger partial charge in [-0.05, 0) is 31.2 Å². The van der Waals surface area contributed by atoms with E-state index in [1.165, 1.54) is 19.3 Å². The number of benzene rings is 1. The van der Waals surface area contributed by atoms with E-state index in [2.05, 4.69) is 15.8 Å². The summed E-state index contributed by atoms with van der Waals surface area (Å²) in [7, 11) is 0. The smallest absolute Gasteiger partial charge is 0.273 e. The Morgan fingerprint density at radius 1 is 1.07 bits per heavy atom. The summed E-state index contributed by atoms with van der Waals surface area (Å²) < 4.78 is 5.15. The van der Waals surface area contributed by atoms with Gasteiger partial charge >= 0.3 is 0 Å². The second kappa shape index (κ2) is 11.5. The van der Waals surface area contributed by atoms with Crippen LogP contribution in [0.1, 0.15) is 79.1 Å². The lowest BCUT2D eigenvalue weighted by Gasteiger charge is -2.22. The fourth-order valence-electron chi connectivity index (χ4n) is 3.50. The van der Waals surface area contributed by atoms with Crippen molar-refractivity contribution < 1.29 is 14.1 Å². The summed E-state index contributed by atoms with van der Waals surface area (Å²) >= 11 is 0. The number of carbonyl (C=O) groups excluding carboxylic acids is 2. The Hall–Kier alpha value is -2.67. The Kier molecular flexibility index (Phi) is 8.44. The molecule has 30 heavy (non-hydrogen) atoms. The number of amides is 2. The molecule has 4 rings (SSSR count). The molecule has 2 aromatic rings. The van der Waals surface area contributed by atoms with Crippen LogP contribution in [-0.2, 0) is 11.3 Å². The molecule has 0 radical (unpaired) electrons. The van der Waals surface area contributed by atoms with Gasteiger partial charge in [-0.2, -0.15) is 0 Å². The first kappa shape index (κ1) is 22.0. The van der Waals surface area contributed by atoms with Crippen LogP contribution in [0.15, 0.2) is 40.9 Å². The number of carbonyl (C=O) groups is 2. The fraction of sp³-hybridized carbons (Fsp3) is 0.522. The highest BCUT2D eigenvalue weighted by molar-refractivity contribution is 5.92. The molecule has 7 heteroatoms. The van der Waals surface area contributed by atoms with Crippen molar-refractivity contribution in [3.8, 4) is 0 Å². The van der Waals surface area contributed by atoms with Crippen LogP contribution in [0.2, 0.25) is 0 Å². The van der Waals surface area contributed by atoms with E-state index in [4.69, 9.17) is 10.3 Å².